The molecule has 1 aliphatic heterocycles. The molecule has 3 rings (SSSR count). The van der Waals surface area contributed by atoms with Gasteiger partial charge in [0, 0.05) is 18.7 Å². The molecule has 0 radical (unpaired) electrons. The maximum absolute atomic E-state index is 14.7. The lowest BCUT2D eigenvalue weighted by atomic mass is 10.0. The first kappa shape index (κ1) is 23.6. The maximum Gasteiger partial charge on any atom is 0.436 e. The van der Waals surface area contributed by atoms with Crippen molar-refractivity contribution in [2.24, 2.45) is 0 Å². The number of alkyl halides is 3. The standard InChI is InChI=1S/C19H15ClF6N4O2/c1-8-17(31)27-6-7-30(8)18(32)29-15(9-2-3-10(21)13(20)14(9)23)12-5-4-11(22)16(28-12)19(24,25)26/h2-5,8,15H,6-7H2,1H3,(H,27,31)(H,29,32)/t8-,15-/m1/s1. The van der Waals surface area contributed by atoms with Gasteiger partial charge >= 0.3 is 12.2 Å². The summed E-state index contributed by atoms with van der Waals surface area (Å²) in [5, 5.41) is 3.86. The van der Waals surface area contributed by atoms with E-state index in [0.717, 1.165) is 23.1 Å². The highest BCUT2D eigenvalue weighted by molar-refractivity contribution is 6.31. The zero-order valence-electron chi connectivity index (χ0n) is 16.2. The van der Waals surface area contributed by atoms with Crippen molar-refractivity contribution in [2.75, 3.05) is 13.1 Å². The fourth-order valence-electron chi connectivity index (χ4n) is 3.16. The Bertz CT molecular complexity index is 1060. The monoisotopic (exact) mass is 480 g/mol. The minimum absolute atomic E-state index is 0.0583. The smallest absolute Gasteiger partial charge is 0.353 e. The molecule has 172 valence electrons. The van der Waals surface area contributed by atoms with Crippen molar-refractivity contribution >= 4 is 23.5 Å². The van der Waals surface area contributed by atoms with Gasteiger partial charge in [0.25, 0.3) is 0 Å². The van der Waals surface area contributed by atoms with E-state index >= 15 is 0 Å². The summed E-state index contributed by atoms with van der Waals surface area (Å²) in [6.07, 6.45) is -5.17. The van der Waals surface area contributed by atoms with E-state index in [1.165, 1.54) is 6.92 Å². The molecule has 1 saturated heterocycles. The number of piperazine rings is 1. The molecule has 3 amide bonds. The molecule has 2 heterocycles. The third-order valence-electron chi connectivity index (χ3n) is 4.84. The summed E-state index contributed by atoms with van der Waals surface area (Å²) in [7, 11) is 0. The first-order valence-corrected chi connectivity index (χ1v) is 9.51. The molecule has 2 N–H and O–H groups in total. The normalized spacial score (nSPS) is 17.7. The molecular weight excluding hydrogens is 466 g/mol. The lowest BCUT2D eigenvalue weighted by Gasteiger charge is -2.34. The lowest BCUT2D eigenvalue weighted by Crippen LogP contribution is -2.58. The second kappa shape index (κ2) is 8.85. The van der Waals surface area contributed by atoms with E-state index in [4.69, 9.17) is 11.6 Å². The van der Waals surface area contributed by atoms with Crippen molar-refractivity contribution in [1.82, 2.24) is 20.5 Å². The minimum Gasteiger partial charge on any atom is -0.353 e. The molecule has 1 aromatic carbocycles. The van der Waals surface area contributed by atoms with Gasteiger partial charge in [-0.15, -0.1) is 0 Å². The number of urea groups is 1. The number of halogens is 7. The van der Waals surface area contributed by atoms with Crippen molar-refractivity contribution in [1.29, 1.82) is 0 Å². The molecule has 1 fully saturated rings. The minimum atomic E-state index is -5.17. The van der Waals surface area contributed by atoms with Gasteiger partial charge < -0.3 is 15.5 Å². The van der Waals surface area contributed by atoms with E-state index in [0.29, 0.717) is 6.07 Å². The number of rotatable bonds is 3. The molecule has 0 unspecified atom stereocenters. The number of nitrogens with one attached hydrogen (secondary N) is 2. The summed E-state index contributed by atoms with van der Waals surface area (Å²) in [5.74, 6) is -4.63. The summed E-state index contributed by atoms with van der Waals surface area (Å²) in [6, 6.07) is -0.672. The van der Waals surface area contributed by atoms with E-state index in [1.54, 1.807) is 0 Å². The SMILES string of the molecule is C[C@@H]1C(=O)NCCN1C(=O)N[C@@H](c1ccc(F)c(C(F)(F)F)n1)c1ccc(F)c(Cl)c1F. The van der Waals surface area contributed by atoms with Crippen LogP contribution < -0.4 is 10.6 Å². The summed E-state index contributed by atoms with van der Waals surface area (Å²) in [4.78, 5) is 28.9. The van der Waals surface area contributed by atoms with Crippen LogP contribution in [0.2, 0.25) is 5.02 Å². The Morgan fingerprint density at radius 3 is 2.53 bits per heavy atom. The third kappa shape index (κ3) is 4.59. The van der Waals surface area contributed by atoms with Crippen molar-refractivity contribution in [2.45, 2.75) is 25.2 Å². The average Bonchev–Trinajstić information content (AvgIpc) is 2.72. The molecule has 0 spiro atoms. The fraction of sp³-hybridized carbons (Fsp3) is 0.316. The van der Waals surface area contributed by atoms with E-state index in [1.807, 2.05) is 0 Å². The predicted octanol–water partition coefficient (Wildman–Crippen LogP) is 3.79. The molecule has 13 heteroatoms. The van der Waals surface area contributed by atoms with Gasteiger partial charge in [0.1, 0.15) is 28.7 Å². The number of nitrogens with zero attached hydrogens (tertiary/aromatic N) is 2. The summed E-state index contributed by atoms with van der Waals surface area (Å²) < 4.78 is 81.5. The van der Waals surface area contributed by atoms with Crippen LogP contribution >= 0.6 is 11.6 Å². The highest BCUT2D eigenvalue weighted by Crippen LogP contribution is 2.34. The van der Waals surface area contributed by atoms with E-state index in [-0.39, 0.29) is 13.1 Å². The Hall–Kier alpha value is -3.02. The summed E-state index contributed by atoms with van der Waals surface area (Å²) >= 11 is 5.58. The second-order valence-electron chi connectivity index (χ2n) is 6.87. The molecular formula is C19H15ClF6N4O2. The van der Waals surface area contributed by atoms with Crippen LogP contribution in [-0.2, 0) is 11.0 Å². The zero-order valence-corrected chi connectivity index (χ0v) is 17.0. The number of aromatic nitrogens is 1. The van der Waals surface area contributed by atoms with Gasteiger partial charge in [-0.3, -0.25) is 4.79 Å². The molecule has 2 aromatic rings. The Kier molecular flexibility index (Phi) is 6.54. The van der Waals surface area contributed by atoms with E-state index in [2.05, 4.69) is 15.6 Å². The molecule has 6 nitrogen and oxygen atoms in total. The van der Waals surface area contributed by atoms with Gasteiger partial charge in [-0.1, -0.05) is 17.7 Å². The highest BCUT2D eigenvalue weighted by atomic mass is 35.5. The van der Waals surface area contributed by atoms with Crippen molar-refractivity contribution < 1.29 is 35.9 Å². The van der Waals surface area contributed by atoms with Gasteiger partial charge in [-0.25, -0.2) is 22.9 Å². The molecule has 1 aromatic heterocycles. The number of carbonyl (C=O) groups is 2. The van der Waals surface area contributed by atoms with Gasteiger partial charge in [0.15, 0.2) is 11.5 Å². The number of hydrogen-bond acceptors (Lipinski definition) is 3. The Balaban J connectivity index is 2.08. The molecule has 2 atom stereocenters. The van der Waals surface area contributed by atoms with Crippen LogP contribution in [-0.4, -0.2) is 41.0 Å². The van der Waals surface area contributed by atoms with Crippen LogP contribution in [0.3, 0.4) is 0 Å². The molecule has 0 saturated carbocycles. The van der Waals surface area contributed by atoms with Crippen molar-refractivity contribution in [3.8, 4) is 0 Å². The second-order valence-corrected chi connectivity index (χ2v) is 7.25. The van der Waals surface area contributed by atoms with Crippen LogP contribution in [0.4, 0.5) is 31.1 Å². The number of pyridine rings is 1. The largest absolute Gasteiger partial charge is 0.436 e. The first-order valence-electron chi connectivity index (χ1n) is 9.13. The quantitative estimate of drug-likeness (QED) is 0.518. The van der Waals surface area contributed by atoms with Crippen LogP contribution in [0.15, 0.2) is 24.3 Å². The van der Waals surface area contributed by atoms with Crippen LogP contribution in [0.5, 0.6) is 0 Å². The van der Waals surface area contributed by atoms with E-state index in [9.17, 15) is 35.9 Å². The Labute approximate surface area is 182 Å². The number of carbonyl (C=O) groups excluding carboxylic acids is 2. The topological polar surface area (TPSA) is 74.3 Å². The molecule has 0 bridgehead atoms. The van der Waals surface area contributed by atoms with Gasteiger partial charge in [-0.2, -0.15) is 13.2 Å². The zero-order chi connectivity index (χ0) is 23.8. The van der Waals surface area contributed by atoms with Crippen LogP contribution in [0, 0.1) is 17.5 Å². The third-order valence-corrected chi connectivity index (χ3v) is 5.18. The molecule has 0 aliphatic carbocycles. The fourth-order valence-corrected chi connectivity index (χ4v) is 3.33. The first-order chi connectivity index (χ1) is 14.9. The van der Waals surface area contributed by atoms with Crippen LogP contribution in [0.25, 0.3) is 0 Å². The highest BCUT2D eigenvalue weighted by Gasteiger charge is 2.38. The number of hydrogen-bond donors (Lipinski definition) is 2. The van der Waals surface area contributed by atoms with E-state index < -0.39 is 69.6 Å². The Morgan fingerprint density at radius 2 is 1.88 bits per heavy atom. The summed E-state index contributed by atoms with van der Waals surface area (Å²) in [6.45, 7) is 1.59. The predicted molar refractivity (Wildman–Crippen MR) is 100 cm³/mol. The van der Waals surface area contributed by atoms with Gasteiger partial charge in [0.05, 0.1) is 5.69 Å². The number of amides is 3. The van der Waals surface area contributed by atoms with Gasteiger partial charge in [0.2, 0.25) is 5.91 Å². The Morgan fingerprint density at radius 1 is 1.22 bits per heavy atom. The van der Waals surface area contributed by atoms with Gasteiger partial charge in [-0.05, 0) is 25.1 Å². The van der Waals surface area contributed by atoms with Crippen LogP contribution in [0.1, 0.15) is 29.9 Å². The molecule has 32 heavy (non-hydrogen) atoms. The maximum atomic E-state index is 14.7. The average molecular weight is 481 g/mol. The summed E-state index contributed by atoms with van der Waals surface area (Å²) in [5.41, 5.74) is -2.97. The van der Waals surface area contributed by atoms with Crippen molar-refractivity contribution in [3.63, 3.8) is 0 Å². The number of benzene rings is 1. The lowest BCUT2D eigenvalue weighted by molar-refractivity contribution is -0.143. The van der Waals surface area contributed by atoms with Crippen molar-refractivity contribution in [3.05, 3.63) is 63.7 Å². The molecule has 1 aliphatic rings.